The van der Waals surface area contributed by atoms with Gasteiger partial charge in [0.1, 0.15) is 6.04 Å². The highest BCUT2D eigenvalue weighted by Crippen LogP contribution is 2.19. The summed E-state index contributed by atoms with van der Waals surface area (Å²) in [6.45, 7) is 2.95. The van der Waals surface area contributed by atoms with E-state index in [1.54, 1.807) is 11.8 Å². The molecular formula is C26H37N4O3P. The molecule has 3 N–H and O–H groups in total. The first-order valence-electron chi connectivity index (χ1n) is 11.9. The minimum Gasteiger partial charge on any atom is -0.391 e. The van der Waals surface area contributed by atoms with Crippen molar-refractivity contribution >= 4 is 21.3 Å². The molecule has 2 aromatic rings. The molecule has 0 bridgehead atoms. The van der Waals surface area contributed by atoms with Crippen LogP contribution < -0.4 is 10.6 Å². The molecule has 0 aliphatic carbocycles. The monoisotopic (exact) mass is 484 g/mol. The van der Waals surface area contributed by atoms with Crippen LogP contribution in [-0.2, 0) is 17.6 Å². The summed E-state index contributed by atoms with van der Waals surface area (Å²) in [4.78, 5) is 26.9. The number of nitrogens with one attached hydrogen (secondary N) is 2. The van der Waals surface area contributed by atoms with Crippen molar-refractivity contribution in [2.75, 3.05) is 20.1 Å². The maximum Gasteiger partial charge on any atom is 0.318 e. The molecule has 5 unspecified atom stereocenters. The highest BCUT2D eigenvalue weighted by Gasteiger charge is 2.31. The Morgan fingerprint density at radius 3 is 2.26 bits per heavy atom. The molecule has 1 heterocycles. The van der Waals surface area contributed by atoms with E-state index in [4.69, 9.17) is 0 Å². The van der Waals surface area contributed by atoms with E-state index in [9.17, 15) is 14.7 Å². The minimum absolute atomic E-state index is 0.132. The van der Waals surface area contributed by atoms with Crippen molar-refractivity contribution in [1.82, 2.24) is 20.2 Å². The third kappa shape index (κ3) is 7.52. The maximum absolute atomic E-state index is 13.1. The van der Waals surface area contributed by atoms with E-state index in [-0.39, 0.29) is 24.0 Å². The summed E-state index contributed by atoms with van der Waals surface area (Å²) in [5.74, 6) is -0.205. The van der Waals surface area contributed by atoms with Gasteiger partial charge in [-0.3, -0.25) is 9.46 Å². The fourth-order valence-corrected chi connectivity index (χ4v) is 4.73. The van der Waals surface area contributed by atoms with Gasteiger partial charge in [0.05, 0.1) is 6.10 Å². The summed E-state index contributed by atoms with van der Waals surface area (Å²) in [6.07, 6.45) is 1.84. The third-order valence-electron chi connectivity index (χ3n) is 6.41. The standard InChI is InChI=1S/C26H37N4O3P/c1-19(30-15-9-14-27-26(30)33)25(32)28-22(16-20-10-5-3-6-11-20)18-24(31)23(29(2)34)17-21-12-7-4-8-13-21/h3-8,10-13,19,22-24,31H,9,14-18,34H2,1-2H3,(H,27,33)(H,28,32). The van der Waals surface area contributed by atoms with Crippen LogP contribution in [0, 0.1) is 0 Å². The first kappa shape index (κ1) is 26.1. The summed E-state index contributed by atoms with van der Waals surface area (Å²) in [6, 6.07) is 18.8. The number of rotatable bonds is 11. The van der Waals surface area contributed by atoms with Crippen molar-refractivity contribution in [2.24, 2.45) is 0 Å². The van der Waals surface area contributed by atoms with Crippen LogP contribution in [0.4, 0.5) is 4.79 Å². The summed E-state index contributed by atoms with van der Waals surface area (Å²) in [7, 11) is 4.59. The smallest absolute Gasteiger partial charge is 0.318 e. The molecule has 1 aliphatic heterocycles. The van der Waals surface area contributed by atoms with Gasteiger partial charge in [-0.05, 0) is 50.8 Å². The molecule has 1 aliphatic rings. The van der Waals surface area contributed by atoms with Gasteiger partial charge >= 0.3 is 6.03 Å². The van der Waals surface area contributed by atoms with E-state index in [0.717, 1.165) is 17.5 Å². The number of aliphatic hydroxyl groups is 1. The number of aliphatic hydroxyl groups excluding tert-OH is 1. The molecule has 7 nitrogen and oxygen atoms in total. The van der Waals surface area contributed by atoms with Gasteiger partial charge in [0, 0.05) is 25.2 Å². The quantitative estimate of drug-likeness (QED) is 0.428. The maximum atomic E-state index is 13.1. The van der Waals surface area contributed by atoms with E-state index in [0.29, 0.717) is 32.4 Å². The van der Waals surface area contributed by atoms with E-state index in [2.05, 4.69) is 32.2 Å². The average Bonchev–Trinajstić information content (AvgIpc) is 2.83. The zero-order chi connectivity index (χ0) is 24.5. The van der Waals surface area contributed by atoms with Gasteiger partial charge in [-0.2, -0.15) is 0 Å². The predicted molar refractivity (Wildman–Crippen MR) is 138 cm³/mol. The summed E-state index contributed by atoms with van der Waals surface area (Å²) >= 11 is 0. The molecule has 1 saturated heterocycles. The summed E-state index contributed by atoms with van der Waals surface area (Å²) in [5.41, 5.74) is 2.23. The van der Waals surface area contributed by atoms with Crippen LogP contribution in [0.5, 0.6) is 0 Å². The van der Waals surface area contributed by atoms with Crippen molar-refractivity contribution in [1.29, 1.82) is 0 Å². The molecule has 1 fully saturated rings. The van der Waals surface area contributed by atoms with E-state index >= 15 is 0 Å². The molecule has 0 spiro atoms. The Bertz CT molecular complexity index is 913. The SMILES string of the molecule is CC(C(=O)NC(Cc1ccccc1)CC(O)C(Cc1ccccc1)N(C)P)N1CCCNC1=O. The Morgan fingerprint density at radius 2 is 1.71 bits per heavy atom. The third-order valence-corrected chi connectivity index (χ3v) is 6.80. The molecule has 3 amide bonds. The van der Waals surface area contributed by atoms with Gasteiger partial charge in [-0.1, -0.05) is 70.1 Å². The Morgan fingerprint density at radius 1 is 1.12 bits per heavy atom. The van der Waals surface area contributed by atoms with Crippen molar-refractivity contribution in [3.05, 3.63) is 71.8 Å². The average molecular weight is 485 g/mol. The molecular weight excluding hydrogens is 447 g/mol. The van der Waals surface area contributed by atoms with Gasteiger partial charge in [-0.15, -0.1) is 0 Å². The second-order valence-electron chi connectivity index (χ2n) is 9.08. The number of hydrogen-bond acceptors (Lipinski definition) is 4. The zero-order valence-electron chi connectivity index (χ0n) is 20.1. The number of likely N-dealkylation sites (N-methyl/N-ethyl adjacent to an activating group) is 1. The number of hydrogen-bond donors (Lipinski definition) is 3. The lowest BCUT2D eigenvalue weighted by Gasteiger charge is -2.34. The lowest BCUT2D eigenvalue weighted by Crippen LogP contribution is -2.56. The van der Waals surface area contributed by atoms with Crippen molar-refractivity contribution in [2.45, 2.75) is 56.8 Å². The van der Waals surface area contributed by atoms with Gasteiger partial charge in [0.2, 0.25) is 5.91 Å². The molecule has 5 atom stereocenters. The van der Waals surface area contributed by atoms with Gasteiger partial charge in [-0.25, -0.2) is 4.79 Å². The second-order valence-corrected chi connectivity index (χ2v) is 9.89. The Balaban J connectivity index is 1.72. The first-order valence-corrected chi connectivity index (χ1v) is 12.4. The number of urea groups is 1. The Hall–Kier alpha value is -2.47. The van der Waals surface area contributed by atoms with Crippen LogP contribution in [-0.4, -0.2) is 71.0 Å². The van der Waals surface area contributed by atoms with Crippen molar-refractivity contribution < 1.29 is 14.7 Å². The zero-order valence-corrected chi connectivity index (χ0v) is 21.2. The highest BCUT2D eigenvalue weighted by atomic mass is 31.0. The van der Waals surface area contributed by atoms with Crippen LogP contribution in [0.2, 0.25) is 0 Å². The van der Waals surface area contributed by atoms with Crippen LogP contribution in [0.1, 0.15) is 30.9 Å². The fraction of sp³-hybridized carbons (Fsp3) is 0.462. The summed E-state index contributed by atoms with van der Waals surface area (Å²) in [5, 5.41) is 17.2. The van der Waals surface area contributed by atoms with Crippen molar-refractivity contribution in [3.8, 4) is 0 Å². The van der Waals surface area contributed by atoms with Crippen LogP contribution in [0.25, 0.3) is 0 Å². The van der Waals surface area contributed by atoms with Crippen LogP contribution in [0.3, 0.4) is 0 Å². The molecule has 34 heavy (non-hydrogen) atoms. The lowest BCUT2D eigenvalue weighted by atomic mass is 9.93. The highest BCUT2D eigenvalue weighted by molar-refractivity contribution is 7.13. The number of benzene rings is 2. The largest absolute Gasteiger partial charge is 0.391 e. The minimum atomic E-state index is -0.662. The molecule has 0 radical (unpaired) electrons. The second kappa shape index (κ2) is 12.8. The lowest BCUT2D eigenvalue weighted by molar-refractivity contribution is -0.126. The number of nitrogens with zero attached hydrogens (tertiary/aromatic N) is 2. The van der Waals surface area contributed by atoms with E-state index in [1.165, 1.54) is 0 Å². The van der Waals surface area contributed by atoms with Crippen molar-refractivity contribution in [3.63, 3.8) is 0 Å². The first-order chi connectivity index (χ1) is 16.3. The fourth-order valence-electron chi connectivity index (χ4n) is 4.43. The normalized spacial score (nSPS) is 17.6. The molecule has 0 aromatic heterocycles. The van der Waals surface area contributed by atoms with Crippen LogP contribution >= 0.6 is 9.39 Å². The predicted octanol–water partition coefficient (Wildman–Crippen LogP) is 2.60. The Kier molecular flexibility index (Phi) is 9.87. The van der Waals surface area contributed by atoms with Gasteiger partial charge < -0.3 is 20.6 Å². The number of carbonyl (C=O) groups excluding carboxylic acids is 2. The summed E-state index contributed by atoms with van der Waals surface area (Å²) < 4.78 is 1.96. The van der Waals surface area contributed by atoms with E-state index in [1.807, 2.05) is 60.2 Å². The molecule has 184 valence electrons. The Labute approximate surface area is 205 Å². The van der Waals surface area contributed by atoms with Gasteiger partial charge in [0.15, 0.2) is 0 Å². The van der Waals surface area contributed by atoms with Crippen LogP contribution in [0.15, 0.2) is 60.7 Å². The van der Waals surface area contributed by atoms with E-state index < -0.39 is 12.1 Å². The molecule has 3 rings (SSSR count). The topological polar surface area (TPSA) is 84.9 Å². The molecule has 8 heteroatoms. The molecule has 0 saturated carbocycles. The number of amides is 3. The number of carbonyl (C=O) groups is 2. The molecule has 2 aromatic carbocycles. The van der Waals surface area contributed by atoms with Gasteiger partial charge in [0.25, 0.3) is 0 Å².